The summed E-state index contributed by atoms with van der Waals surface area (Å²) in [7, 11) is 0. The summed E-state index contributed by atoms with van der Waals surface area (Å²) < 4.78 is 12.3. The molecule has 0 spiro atoms. The zero-order valence-corrected chi connectivity index (χ0v) is 16.2. The van der Waals surface area contributed by atoms with Crippen LogP contribution in [-0.2, 0) is 19.1 Å². The Bertz CT molecular complexity index is 852. The molecule has 0 saturated carbocycles. The smallest absolute Gasteiger partial charge is 0.331 e. The van der Waals surface area contributed by atoms with Gasteiger partial charge in [-0.05, 0) is 44.9 Å². The molecule has 0 bridgehead atoms. The summed E-state index contributed by atoms with van der Waals surface area (Å²) in [5.74, 6) is -0.903. The van der Waals surface area contributed by atoms with E-state index in [1.54, 1.807) is 6.08 Å². The van der Waals surface area contributed by atoms with E-state index in [1.807, 2.05) is 48.9 Å². The lowest BCUT2D eigenvalue weighted by Gasteiger charge is -2.10. The van der Waals surface area contributed by atoms with Crippen LogP contribution in [0.4, 0.5) is 0 Å². The van der Waals surface area contributed by atoms with Crippen molar-refractivity contribution in [3.05, 3.63) is 53.4 Å². The molecule has 1 fully saturated rings. The fourth-order valence-electron chi connectivity index (χ4n) is 3.14. The molecular formula is C21H25N3O4. The van der Waals surface area contributed by atoms with Crippen LogP contribution in [0.15, 0.2) is 36.4 Å². The third-order valence-electron chi connectivity index (χ3n) is 4.63. The summed E-state index contributed by atoms with van der Waals surface area (Å²) in [6.07, 6.45) is 5.01. The highest BCUT2D eigenvalue weighted by atomic mass is 16.5. The quantitative estimate of drug-likeness (QED) is 0.586. The Hall–Kier alpha value is -2.93. The summed E-state index contributed by atoms with van der Waals surface area (Å²) in [4.78, 5) is 23.7. The number of para-hydroxylation sites is 1. The summed E-state index contributed by atoms with van der Waals surface area (Å²) in [6.45, 7) is 4.70. The number of aromatic nitrogens is 2. The summed E-state index contributed by atoms with van der Waals surface area (Å²) in [5.41, 5.74) is 3.53. The number of nitrogens with one attached hydrogen (secondary N) is 1. The number of rotatable bonds is 7. The van der Waals surface area contributed by atoms with Crippen LogP contribution in [0.25, 0.3) is 11.8 Å². The van der Waals surface area contributed by atoms with Crippen molar-refractivity contribution in [2.75, 3.05) is 19.8 Å². The zero-order chi connectivity index (χ0) is 19.9. The van der Waals surface area contributed by atoms with Crippen LogP contribution >= 0.6 is 0 Å². The SMILES string of the molecule is Cc1nn(-c2ccccc2)c(C)c1/C=C/C(=O)OCC(=O)NC[C@H]1CCCO1. The minimum Gasteiger partial charge on any atom is -0.452 e. The number of carbonyl (C=O) groups is 2. The lowest BCUT2D eigenvalue weighted by Crippen LogP contribution is -2.34. The molecule has 1 aliphatic heterocycles. The molecule has 1 N–H and O–H groups in total. The molecule has 0 unspecified atom stereocenters. The molecule has 28 heavy (non-hydrogen) atoms. The highest BCUT2D eigenvalue weighted by Gasteiger charge is 2.16. The normalized spacial score (nSPS) is 16.4. The maximum atomic E-state index is 11.9. The molecular weight excluding hydrogens is 358 g/mol. The lowest BCUT2D eigenvalue weighted by atomic mass is 10.2. The van der Waals surface area contributed by atoms with Crippen LogP contribution < -0.4 is 5.32 Å². The monoisotopic (exact) mass is 383 g/mol. The highest BCUT2D eigenvalue weighted by molar-refractivity contribution is 5.89. The number of ether oxygens (including phenoxy) is 2. The predicted molar refractivity (Wildman–Crippen MR) is 105 cm³/mol. The molecule has 1 amide bonds. The van der Waals surface area contributed by atoms with E-state index in [9.17, 15) is 9.59 Å². The van der Waals surface area contributed by atoms with Crippen LogP contribution in [0.2, 0.25) is 0 Å². The molecule has 1 atom stereocenters. The molecule has 0 radical (unpaired) electrons. The van der Waals surface area contributed by atoms with Crippen LogP contribution in [0.5, 0.6) is 0 Å². The Balaban J connectivity index is 1.52. The molecule has 1 aromatic carbocycles. The summed E-state index contributed by atoms with van der Waals surface area (Å²) >= 11 is 0. The molecule has 2 aromatic rings. The topological polar surface area (TPSA) is 82.5 Å². The van der Waals surface area contributed by atoms with E-state index in [2.05, 4.69) is 10.4 Å². The molecule has 1 aromatic heterocycles. The second-order valence-electron chi connectivity index (χ2n) is 6.71. The average molecular weight is 383 g/mol. The third kappa shape index (κ3) is 5.07. The van der Waals surface area contributed by atoms with Gasteiger partial charge >= 0.3 is 5.97 Å². The molecule has 1 saturated heterocycles. The first-order valence-electron chi connectivity index (χ1n) is 9.39. The lowest BCUT2D eigenvalue weighted by molar-refractivity contribution is -0.143. The number of benzene rings is 1. The van der Waals surface area contributed by atoms with Gasteiger partial charge in [-0.2, -0.15) is 5.10 Å². The van der Waals surface area contributed by atoms with Gasteiger partial charge in [-0.1, -0.05) is 18.2 Å². The number of hydrogen-bond donors (Lipinski definition) is 1. The molecule has 7 nitrogen and oxygen atoms in total. The molecule has 2 heterocycles. The van der Waals surface area contributed by atoms with Crippen molar-refractivity contribution >= 4 is 18.0 Å². The minimum atomic E-state index is -0.571. The molecule has 3 rings (SSSR count). The van der Waals surface area contributed by atoms with Gasteiger partial charge in [-0.25, -0.2) is 9.48 Å². The van der Waals surface area contributed by atoms with Gasteiger partial charge in [0.15, 0.2) is 6.61 Å². The van der Waals surface area contributed by atoms with Gasteiger partial charge in [0.05, 0.1) is 17.5 Å². The number of amides is 1. The first-order valence-corrected chi connectivity index (χ1v) is 9.39. The Labute approximate surface area is 164 Å². The fraction of sp³-hybridized carbons (Fsp3) is 0.381. The van der Waals surface area contributed by atoms with Crippen LogP contribution in [0.1, 0.15) is 29.8 Å². The predicted octanol–water partition coefficient (Wildman–Crippen LogP) is 2.34. The van der Waals surface area contributed by atoms with E-state index < -0.39 is 5.97 Å². The van der Waals surface area contributed by atoms with Crippen molar-refractivity contribution in [1.29, 1.82) is 0 Å². The number of nitrogens with zero attached hydrogens (tertiary/aromatic N) is 2. The van der Waals surface area contributed by atoms with Crippen molar-refractivity contribution in [2.24, 2.45) is 0 Å². The molecule has 148 valence electrons. The maximum Gasteiger partial charge on any atom is 0.331 e. The van der Waals surface area contributed by atoms with E-state index in [0.717, 1.165) is 42.1 Å². The number of aryl methyl sites for hydroxylation is 1. The van der Waals surface area contributed by atoms with Crippen molar-refractivity contribution in [3.8, 4) is 5.69 Å². The largest absolute Gasteiger partial charge is 0.452 e. The first-order chi connectivity index (χ1) is 13.5. The van der Waals surface area contributed by atoms with E-state index >= 15 is 0 Å². The minimum absolute atomic E-state index is 0.0617. The maximum absolute atomic E-state index is 11.9. The summed E-state index contributed by atoms with van der Waals surface area (Å²) in [5, 5.41) is 7.25. The van der Waals surface area contributed by atoms with Crippen molar-refractivity contribution in [1.82, 2.24) is 15.1 Å². The van der Waals surface area contributed by atoms with Gasteiger partial charge in [-0.15, -0.1) is 0 Å². The first kappa shape index (κ1) is 19.8. The Morgan fingerprint density at radius 2 is 2.11 bits per heavy atom. The Morgan fingerprint density at radius 3 is 2.82 bits per heavy atom. The number of carbonyl (C=O) groups excluding carboxylic acids is 2. The molecule has 1 aliphatic rings. The van der Waals surface area contributed by atoms with Crippen molar-refractivity contribution in [2.45, 2.75) is 32.8 Å². The Morgan fingerprint density at radius 1 is 1.32 bits per heavy atom. The van der Waals surface area contributed by atoms with Gasteiger partial charge in [-0.3, -0.25) is 4.79 Å². The van der Waals surface area contributed by atoms with Gasteiger partial charge in [0.2, 0.25) is 0 Å². The van der Waals surface area contributed by atoms with Crippen LogP contribution in [-0.4, -0.2) is 47.5 Å². The van der Waals surface area contributed by atoms with Gasteiger partial charge in [0.25, 0.3) is 5.91 Å². The number of esters is 1. The van der Waals surface area contributed by atoms with E-state index in [0.29, 0.717) is 6.54 Å². The van der Waals surface area contributed by atoms with E-state index in [1.165, 1.54) is 6.08 Å². The van der Waals surface area contributed by atoms with Crippen LogP contribution in [0, 0.1) is 13.8 Å². The Kier molecular flexibility index (Phi) is 6.60. The zero-order valence-electron chi connectivity index (χ0n) is 16.2. The molecule has 7 heteroatoms. The second-order valence-corrected chi connectivity index (χ2v) is 6.71. The van der Waals surface area contributed by atoms with Gasteiger partial charge in [0.1, 0.15) is 0 Å². The van der Waals surface area contributed by atoms with Crippen molar-refractivity contribution < 1.29 is 19.1 Å². The molecule has 0 aliphatic carbocycles. The second kappa shape index (κ2) is 9.32. The third-order valence-corrected chi connectivity index (χ3v) is 4.63. The van der Waals surface area contributed by atoms with Crippen molar-refractivity contribution in [3.63, 3.8) is 0 Å². The number of hydrogen-bond acceptors (Lipinski definition) is 5. The fourth-order valence-corrected chi connectivity index (χ4v) is 3.14. The van der Waals surface area contributed by atoms with Gasteiger partial charge in [0, 0.05) is 30.5 Å². The standard InChI is InChI=1S/C21H25N3O4/c1-15-19(16(2)24(23-15)17-7-4-3-5-8-17)10-11-21(26)28-14-20(25)22-13-18-9-6-12-27-18/h3-5,7-8,10-11,18H,6,9,12-14H2,1-2H3,(H,22,25)/b11-10+/t18-/m1/s1. The van der Waals surface area contributed by atoms with E-state index in [4.69, 9.17) is 9.47 Å². The summed E-state index contributed by atoms with van der Waals surface area (Å²) in [6, 6.07) is 9.78. The average Bonchev–Trinajstić information content (AvgIpc) is 3.32. The van der Waals surface area contributed by atoms with Gasteiger partial charge < -0.3 is 14.8 Å². The van der Waals surface area contributed by atoms with Crippen LogP contribution in [0.3, 0.4) is 0 Å². The highest BCUT2D eigenvalue weighted by Crippen LogP contribution is 2.19. The van der Waals surface area contributed by atoms with E-state index in [-0.39, 0.29) is 18.6 Å².